The van der Waals surface area contributed by atoms with Gasteiger partial charge in [-0.3, -0.25) is 14.9 Å². The molecule has 1 saturated heterocycles. The maximum atomic E-state index is 12.1. The maximum absolute atomic E-state index is 12.1. The number of nitro benzene ring substituents is 1. The van der Waals surface area contributed by atoms with E-state index < -0.39 is 10.8 Å². The van der Waals surface area contributed by atoms with Crippen LogP contribution in [0.5, 0.6) is 0 Å². The lowest BCUT2D eigenvalue weighted by Gasteiger charge is -2.14. The maximum Gasteiger partial charge on any atom is 0.271 e. The second kappa shape index (κ2) is 8.13. The third kappa shape index (κ3) is 4.40. The van der Waals surface area contributed by atoms with Gasteiger partial charge in [0, 0.05) is 47.8 Å². The van der Waals surface area contributed by atoms with Crippen molar-refractivity contribution in [1.29, 1.82) is 0 Å². The Labute approximate surface area is 157 Å². The van der Waals surface area contributed by atoms with Crippen molar-refractivity contribution in [2.75, 3.05) is 6.61 Å². The summed E-state index contributed by atoms with van der Waals surface area (Å²) < 4.78 is 7.90. The third-order valence-electron chi connectivity index (χ3n) is 4.71. The van der Waals surface area contributed by atoms with Crippen LogP contribution >= 0.6 is 0 Å². The van der Waals surface area contributed by atoms with Crippen molar-refractivity contribution in [3.63, 3.8) is 0 Å². The van der Waals surface area contributed by atoms with Crippen LogP contribution in [-0.2, 0) is 11.3 Å². The van der Waals surface area contributed by atoms with Gasteiger partial charge in [0.15, 0.2) is 0 Å². The number of hydrogen-bond donors (Lipinski definition) is 1. The number of non-ortho nitro benzene ring substituents is 1. The molecule has 0 aliphatic carbocycles. The number of carbonyl (C=O) groups is 1. The first-order valence-corrected chi connectivity index (χ1v) is 8.82. The number of nitrogens with zero attached hydrogens (tertiary/aromatic N) is 3. The van der Waals surface area contributed by atoms with Gasteiger partial charge in [0.05, 0.1) is 17.2 Å². The van der Waals surface area contributed by atoms with Crippen LogP contribution in [-0.4, -0.2) is 34.3 Å². The van der Waals surface area contributed by atoms with Crippen LogP contribution in [0.2, 0.25) is 0 Å². The van der Waals surface area contributed by atoms with Crippen molar-refractivity contribution >= 4 is 17.8 Å². The molecule has 0 unspecified atom stereocenters. The van der Waals surface area contributed by atoms with Gasteiger partial charge in [-0.1, -0.05) is 6.07 Å². The number of hydrogen-bond acceptors (Lipinski definition) is 5. The molecule has 1 aliphatic rings. The van der Waals surface area contributed by atoms with Gasteiger partial charge in [-0.2, -0.15) is 5.10 Å². The Hall–Kier alpha value is -3.00. The Bertz CT molecular complexity index is 882. The second-order valence-corrected chi connectivity index (χ2v) is 6.58. The van der Waals surface area contributed by atoms with E-state index >= 15 is 0 Å². The van der Waals surface area contributed by atoms with E-state index in [0.717, 1.165) is 42.9 Å². The molecule has 2 aromatic rings. The minimum atomic E-state index is -0.539. The number of aryl methyl sites for hydroxylation is 1. The molecule has 1 amide bonds. The van der Waals surface area contributed by atoms with E-state index in [9.17, 15) is 14.9 Å². The normalized spacial score (nSPS) is 16.7. The van der Waals surface area contributed by atoms with Crippen LogP contribution in [0.3, 0.4) is 0 Å². The molecular formula is C19H22N4O4. The highest BCUT2D eigenvalue weighted by Gasteiger charge is 2.18. The fourth-order valence-electron chi connectivity index (χ4n) is 3.22. The van der Waals surface area contributed by atoms with Gasteiger partial charge in [-0.05, 0) is 38.8 Å². The zero-order chi connectivity index (χ0) is 19.4. The molecule has 8 nitrogen and oxygen atoms in total. The number of benzene rings is 1. The largest absolute Gasteiger partial charge is 0.376 e. The number of amides is 1. The Morgan fingerprint density at radius 1 is 1.44 bits per heavy atom. The van der Waals surface area contributed by atoms with Crippen LogP contribution in [0.15, 0.2) is 35.4 Å². The number of nitro groups is 1. The van der Waals surface area contributed by atoms with Gasteiger partial charge in [0.25, 0.3) is 11.6 Å². The molecule has 0 bridgehead atoms. The molecule has 0 radical (unpaired) electrons. The van der Waals surface area contributed by atoms with Crippen LogP contribution in [0.25, 0.3) is 0 Å². The molecule has 0 saturated carbocycles. The Morgan fingerprint density at radius 3 is 2.96 bits per heavy atom. The summed E-state index contributed by atoms with van der Waals surface area (Å²) in [4.78, 5) is 22.4. The fourth-order valence-corrected chi connectivity index (χ4v) is 3.22. The summed E-state index contributed by atoms with van der Waals surface area (Å²) in [5, 5.41) is 14.8. The topological polar surface area (TPSA) is 98.8 Å². The molecule has 1 fully saturated rings. The van der Waals surface area contributed by atoms with Crippen molar-refractivity contribution in [3.05, 3.63) is 63.0 Å². The molecule has 142 valence electrons. The van der Waals surface area contributed by atoms with Crippen LogP contribution in [0.4, 0.5) is 5.69 Å². The van der Waals surface area contributed by atoms with Gasteiger partial charge in [-0.25, -0.2) is 5.43 Å². The van der Waals surface area contributed by atoms with E-state index in [0.29, 0.717) is 0 Å². The summed E-state index contributed by atoms with van der Waals surface area (Å²) in [7, 11) is 0. The number of nitrogens with one attached hydrogen (secondary N) is 1. The van der Waals surface area contributed by atoms with Crippen LogP contribution in [0.1, 0.15) is 40.2 Å². The lowest BCUT2D eigenvalue weighted by molar-refractivity contribution is -0.384. The molecule has 8 heteroatoms. The summed E-state index contributed by atoms with van der Waals surface area (Å²) in [5.41, 5.74) is 5.53. The predicted molar refractivity (Wildman–Crippen MR) is 101 cm³/mol. The predicted octanol–water partition coefficient (Wildman–Crippen LogP) is 2.96. The zero-order valence-electron chi connectivity index (χ0n) is 15.3. The number of carbonyl (C=O) groups excluding carboxylic acids is 1. The van der Waals surface area contributed by atoms with E-state index in [1.165, 1.54) is 24.3 Å². The van der Waals surface area contributed by atoms with E-state index in [1.807, 2.05) is 19.9 Å². The summed E-state index contributed by atoms with van der Waals surface area (Å²) in [5.74, 6) is -0.497. The van der Waals surface area contributed by atoms with Crippen LogP contribution in [0, 0.1) is 24.0 Å². The molecule has 27 heavy (non-hydrogen) atoms. The molecule has 1 aromatic carbocycles. The molecule has 1 N–H and O–H groups in total. The fraction of sp³-hybridized carbons (Fsp3) is 0.368. The molecule has 1 atom stereocenters. The van der Waals surface area contributed by atoms with Crippen molar-refractivity contribution in [3.8, 4) is 0 Å². The number of rotatable bonds is 6. The Morgan fingerprint density at radius 2 is 2.26 bits per heavy atom. The van der Waals surface area contributed by atoms with E-state index in [-0.39, 0.29) is 17.4 Å². The molecule has 0 spiro atoms. The average Bonchev–Trinajstić information content (AvgIpc) is 3.26. The highest BCUT2D eigenvalue weighted by molar-refractivity contribution is 5.95. The molecule has 1 aliphatic heterocycles. The van der Waals surface area contributed by atoms with Crippen molar-refractivity contribution < 1.29 is 14.5 Å². The highest BCUT2D eigenvalue weighted by Crippen LogP contribution is 2.19. The van der Waals surface area contributed by atoms with Gasteiger partial charge in [-0.15, -0.1) is 0 Å². The zero-order valence-corrected chi connectivity index (χ0v) is 15.3. The smallest absolute Gasteiger partial charge is 0.271 e. The second-order valence-electron chi connectivity index (χ2n) is 6.58. The van der Waals surface area contributed by atoms with Gasteiger partial charge in [0.1, 0.15) is 0 Å². The first-order chi connectivity index (χ1) is 13.0. The summed E-state index contributed by atoms with van der Waals surface area (Å²) >= 11 is 0. The number of hydrazone groups is 1. The van der Waals surface area contributed by atoms with Crippen molar-refractivity contribution in [1.82, 2.24) is 9.99 Å². The quantitative estimate of drug-likeness (QED) is 0.480. The first-order valence-electron chi connectivity index (χ1n) is 8.82. The van der Waals surface area contributed by atoms with Crippen molar-refractivity contribution in [2.45, 2.75) is 39.3 Å². The monoisotopic (exact) mass is 370 g/mol. The Balaban J connectivity index is 1.66. The third-order valence-corrected chi connectivity index (χ3v) is 4.71. The first kappa shape index (κ1) is 18.8. The molecule has 1 aromatic heterocycles. The Kier molecular flexibility index (Phi) is 5.66. The SMILES string of the molecule is Cc1cc(/C=N\NC(=O)c2cccc([N+](=O)[O-])c2)c(C)n1C[C@H]1CCCO1. The number of aromatic nitrogens is 1. The lowest BCUT2D eigenvalue weighted by atomic mass is 10.2. The van der Waals surface area contributed by atoms with Crippen molar-refractivity contribution in [2.24, 2.45) is 5.10 Å². The minimum Gasteiger partial charge on any atom is -0.376 e. The van der Waals surface area contributed by atoms with Gasteiger partial charge in [0.2, 0.25) is 0 Å². The van der Waals surface area contributed by atoms with Gasteiger partial charge >= 0.3 is 0 Å². The standard InChI is InChI=1S/C19H22N4O4/c1-13-9-16(14(2)22(13)12-18-7-4-8-27-18)11-20-21-19(24)15-5-3-6-17(10-15)23(25)26/h3,5-6,9-11,18H,4,7-8,12H2,1-2H3,(H,21,24)/b20-11-/t18-/m1/s1. The van der Waals surface area contributed by atoms with E-state index in [1.54, 1.807) is 6.21 Å². The summed E-state index contributed by atoms with van der Waals surface area (Å²) in [6.45, 7) is 5.67. The summed E-state index contributed by atoms with van der Waals surface area (Å²) in [6.07, 6.45) is 4.00. The molecule has 2 heterocycles. The van der Waals surface area contributed by atoms with E-state index in [4.69, 9.17) is 4.74 Å². The minimum absolute atomic E-state index is 0.135. The summed E-state index contributed by atoms with van der Waals surface area (Å²) in [6, 6.07) is 7.54. The van der Waals surface area contributed by atoms with E-state index in [2.05, 4.69) is 15.1 Å². The molecular weight excluding hydrogens is 348 g/mol. The number of ether oxygens (including phenoxy) is 1. The molecule has 3 rings (SSSR count). The lowest BCUT2D eigenvalue weighted by Crippen LogP contribution is -2.18. The van der Waals surface area contributed by atoms with Gasteiger partial charge < -0.3 is 9.30 Å². The van der Waals surface area contributed by atoms with Crippen LogP contribution < -0.4 is 5.43 Å². The average molecular weight is 370 g/mol. The highest BCUT2D eigenvalue weighted by atomic mass is 16.6.